The Balaban J connectivity index is 1.65. The second kappa shape index (κ2) is 8.30. The summed E-state index contributed by atoms with van der Waals surface area (Å²) in [6, 6.07) is 12.3. The zero-order valence-corrected chi connectivity index (χ0v) is 18.2. The molecule has 1 saturated carbocycles. The van der Waals surface area contributed by atoms with E-state index in [-0.39, 0.29) is 23.4 Å². The van der Waals surface area contributed by atoms with Crippen LogP contribution in [0.15, 0.2) is 47.4 Å². The number of fused-ring (bicyclic) bond motifs is 1. The smallest absolute Gasteiger partial charge is 0.264 e. The van der Waals surface area contributed by atoms with Crippen LogP contribution < -0.4 is 14.4 Å². The number of benzene rings is 2. The molecule has 0 saturated heterocycles. The summed E-state index contributed by atoms with van der Waals surface area (Å²) in [6.45, 7) is 3.76. The molecule has 30 heavy (non-hydrogen) atoms. The lowest BCUT2D eigenvalue weighted by Gasteiger charge is -2.36. The van der Waals surface area contributed by atoms with E-state index >= 15 is 0 Å². The zero-order valence-electron chi connectivity index (χ0n) is 17.4. The molecule has 0 radical (unpaired) electrons. The molecule has 7 heteroatoms. The number of nitrogens with zero attached hydrogens (tertiary/aromatic N) is 1. The van der Waals surface area contributed by atoms with Crippen LogP contribution in [0.5, 0.6) is 5.75 Å². The molecule has 0 bridgehead atoms. The molecule has 160 valence electrons. The van der Waals surface area contributed by atoms with Gasteiger partial charge in [-0.05, 0) is 56.5 Å². The van der Waals surface area contributed by atoms with Crippen LogP contribution in [0.25, 0.3) is 0 Å². The van der Waals surface area contributed by atoms with E-state index < -0.39 is 16.1 Å². The largest absolute Gasteiger partial charge is 0.476 e. The number of aryl methyl sites for hydroxylation is 2. The average Bonchev–Trinajstić information content (AvgIpc) is 2.74. The molecule has 1 aliphatic carbocycles. The maximum Gasteiger partial charge on any atom is 0.264 e. The van der Waals surface area contributed by atoms with E-state index in [1.165, 1.54) is 10.7 Å². The molecule has 2 aliphatic rings. The van der Waals surface area contributed by atoms with Crippen molar-refractivity contribution >= 4 is 21.6 Å². The fourth-order valence-corrected chi connectivity index (χ4v) is 5.57. The molecule has 1 heterocycles. The van der Waals surface area contributed by atoms with Crippen LogP contribution in [-0.4, -0.2) is 33.0 Å². The van der Waals surface area contributed by atoms with Crippen molar-refractivity contribution < 1.29 is 17.9 Å². The molecule has 2 aromatic rings. The van der Waals surface area contributed by atoms with E-state index in [4.69, 9.17) is 4.74 Å². The normalized spacial score (nSPS) is 19.7. The third-order valence-electron chi connectivity index (χ3n) is 5.84. The number of nitrogens with one attached hydrogen (secondary N) is 1. The Morgan fingerprint density at radius 1 is 1.00 bits per heavy atom. The molecule has 1 unspecified atom stereocenters. The van der Waals surface area contributed by atoms with Crippen molar-refractivity contribution in [2.75, 3.05) is 10.8 Å². The third-order valence-corrected chi connectivity index (χ3v) is 7.63. The summed E-state index contributed by atoms with van der Waals surface area (Å²) in [6.07, 6.45) is 4.43. The van der Waals surface area contributed by atoms with E-state index in [1.54, 1.807) is 36.4 Å². The topological polar surface area (TPSA) is 75.7 Å². The molecular weight excluding hydrogens is 400 g/mol. The van der Waals surface area contributed by atoms with Crippen LogP contribution in [0.2, 0.25) is 0 Å². The molecule has 1 fully saturated rings. The summed E-state index contributed by atoms with van der Waals surface area (Å²) in [4.78, 5) is 13.1. The lowest BCUT2D eigenvalue weighted by Crippen LogP contribution is -2.52. The highest BCUT2D eigenvalue weighted by atomic mass is 32.2. The number of sulfonamides is 1. The summed E-state index contributed by atoms with van der Waals surface area (Å²) < 4.78 is 34.2. The number of hydrogen-bond acceptors (Lipinski definition) is 4. The minimum absolute atomic E-state index is 0.0504. The summed E-state index contributed by atoms with van der Waals surface area (Å²) in [5.41, 5.74) is 2.38. The second-order valence-corrected chi connectivity index (χ2v) is 10.1. The summed E-state index contributed by atoms with van der Waals surface area (Å²) in [5, 5.41) is 3.06. The van der Waals surface area contributed by atoms with Crippen molar-refractivity contribution in [1.82, 2.24) is 5.32 Å². The van der Waals surface area contributed by atoms with Gasteiger partial charge < -0.3 is 10.1 Å². The second-order valence-electron chi connectivity index (χ2n) is 8.27. The minimum Gasteiger partial charge on any atom is -0.476 e. The van der Waals surface area contributed by atoms with E-state index in [9.17, 15) is 13.2 Å². The van der Waals surface area contributed by atoms with Gasteiger partial charge in [-0.1, -0.05) is 43.0 Å². The number of carbonyl (C=O) groups excluding carboxylic acids is 1. The van der Waals surface area contributed by atoms with Crippen LogP contribution in [0.1, 0.15) is 43.2 Å². The Labute approximate surface area is 178 Å². The van der Waals surface area contributed by atoms with E-state index in [0.717, 1.165) is 36.8 Å². The van der Waals surface area contributed by atoms with Crippen LogP contribution in [-0.2, 0) is 14.8 Å². The standard InChI is InChI=1S/C23H28N2O4S/c1-16-8-11-19(12-9-16)30(27,28)25-15-22(23(26)24-18-6-4-3-5-7-18)29-21-13-10-17(2)14-20(21)25/h8-14,18,22H,3-7,15H2,1-2H3,(H,24,26). The number of carbonyl (C=O) groups is 1. The van der Waals surface area contributed by atoms with Gasteiger partial charge in [-0.15, -0.1) is 0 Å². The first-order valence-corrected chi connectivity index (χ1v) is 12.0. The number of hydrogen-bond donors (Lipinski definition) is 1. The van der Waals surface area contributed by atoms with Crippen molar-refractivity contribution in [3.05, 3.63) is 53.6 Å². The molecular formula is C23H28N2O4S. The Hall–Kier alpha value is -2.54. The lowest BCUT2D eigenvalue weighted by molar-refractivity contribution is -0.128. The van der Waals surface area contributed by atoms with Crippen molar-refractivity contribution in [2.45, 2.75) is 63.0 Å². The maximum absolute atomic E-state index is 13.5. The molecule has 0 spiro atoms. The van der Waals surface area contributed by atoms with Gasteiger partial charge in [0.2, 0.25) is 0 Å². The SMILES string of the molecule is Cc1ccc(S(=O)(=O)N2CC(C(=O)NC3CCCCC3)Oc3ccc(C)cc32)cc1. The van der Waals surface area contributed by atoms with Crippen LogP contribution in [0, 0.1) is 13.8 Å². The monoisotopic (exact) mass is 428 g/mol. The van der Waals surface area contributed by atoms with Crippen LogP contribution in [0.3, 0.4) is 0 Å². The first-order valence-electron chi connectivity index (χ1n) is 10.5. The van der Waals surface area contributed by atoms with E-state index in [0.29, 0.717) is 11.4 Å². The summed E-state index contributed by atoms with van der Waals surface area (Å²) in [7, 11) is -3.84. The van der Waals surface area contributed by atoms with Gasteiger partial charge >= 0.3 is 0 Å². The molecule has 1 N–H and O–H groups in total. The van der Waals surface area contributed by atoms with Gasteiger partial charge in [-0.2, -0.15) is 0 Å². The van der Waals surface area contributed by atoms with Gasteiger partial charge in [0.15, 0.2) is 6.10 Å². The van der Waals surface area contributed by atoms with E-state index in [2.05, 4.69) is 5.32 Å². The highest BCUT2D eigenvalue weighted by molar-refractivity contribution is 7.92. The van der Waals surface area contributed by atoms with Gasteiger partial charge in [0.1, 0.15) is 5.75 Å². The Morgan fingerprint density at radius 3 is 2.37 bits per heavy atom. The molecule has 1 amide bonds. The molecule has 0 aromatic heterocycles. The summed E-state index contributed by atoms with van der Waals surface area (Å²) in [5.74, 6) is 0.156. The summed E-state index contributed by atoms with van der Waals surface area (Å²) >= 11 is 0. The average molecular weight is 429 g/mol. The first kappa shape index (κ1) is 20.7. The van der Waals surface area contributed by atoms with Crippen molar-refractivity contribution in [2.24, 2.45) is 0 Å². The lowest BCUT2D eigenvalue weighted by atomic mass is 9.95. The zero-order chi connectivity index (χ0) is 21.3. The number of rotatable bonds is 4. The predicted octanol–water partition coefficient (Wildman–Crippen LogP) is 3.71. The fraction of sp³-hybridized carbons (Fsp3) is 0.435. The van der Waals surface area contributed by atoms with Crippen molar-refractivity contribution in [3.63, 3.8) is 0 Å². The molecule has 1 atom stereocenters. The van der Waals surface area contributed by atoms with E-state index in [1.807, 2.05) is 19.9 Å². The number of ether oxygens (including phenoxy) is 1. The van der Waals surface area contributed by atoms with Crippen LogP contribution >= 0.6 is 0 Å². The Morgan fingerprint density at radius 2 is 1.67 bits per heavy atom. The Bertz CT molecular complexity index is 1030. The van der Waals surface area contributed by atoms with Crippen LogP contribution in [0.4, 0.5) is 5.69 Å². The first-order chi connectivity index (χ1) is 14.3. The van der Waals surface area contributed by atoms with Crippen molar-refractivity contribution in [3.8, 4) is 5.75 Å². The molecule has 1 aliphatic heterocycles. The number of amides is 1. The van der Waals surface area contributed by atoms with Crippen molar-refractivity contribution in [1.29, 1.82) is 0 Å². The third kappa shape index (κ3) is 4.17. The highest BCUT2D eigenvalue weighted by Crippen LogP contribution is 2.38. The molecule has 2 aromatic carbocycles. The number of anilines is 1. The fourth-order valence-electron chi connectivity index (χ4n) is 4.10. The van der Waals surface area contributed by atoms with Gasteiger partial charge in [0.25, 0.3) is 15.9 Å². The van der Waals surface area contributed by atoms with Gasteiger partial charge in [0, 0.05) is 6.04 Å². The predicted molar refractivity (Wildman–Crippen MR) is 116 cm³/mol. The van der Waals surface area contributed by atoms with Gasteiger partial charge in [0.05, 0.1) is 17.1 Å². The molecule has 6 nitrogen and oxygen atoms in total. The minimum atomic E-state index is -3.84. The Kier molecular flexibility index (Phi) is 5.73. The quantitative estimate of drug-likeness (QED) is 0.806. The highest BCUT2D eigenvalue weighted by Gasteiger charge is 2.38. The molecule has 4 rings (SSSR count). The maximum atomic E-state index is 13.5. The van der Waals surface area contributed by atoms with Gasteiger partial charge in [-0.3, -0.25) is 9.10 Å². The van der Waals surface area contributed by atoms with Gasteiger partial charge in [-0.25, -0.2) is 8.42 Å².